The minimum Gasteiger partial charge on any atom is -0.385 e. The fourth-order valence-corrected chi connectivity index (χ4v) is 3.72. The number of benzene rings is 1. The van der Waals surface area contributed by atoms with Crippen LogP contribution in [-0.2, 0) is 9.53 Å². The molecule has 1 fully saturated rings. The summed E-state index contributed by atoms with van der Waals surface area (Å²) in [5.41, 5.74) is 0.858. The Hall–Kier alpha value is -3.25. The molecular weight excluding hydrogens is 388 g/mol. The normalized spacial score (nSPS) is 16.4. The smallest absolute Gasteiger partial charge is 0.261 e. The van der Waals surface area contributed by atoms with Crippen molar-refractivity contribution in [2.75, 3.05) is 33.4 Å². The second-order valence-electron chi connectivity index (χ2n) is 7.33. The van der Waals surface area contributed by atoms with Crippen molar-refractivity contribution in [2.24, 2.45) is 0 Å². The first-order valence-electron chi connectivity index (χ1n) is 9.91. The van der Waals surface area contributed by atoms with Crippen molar-refractivity contribution in [1.82, 2.24) is 15.1 Å². The minimum absolute atomic E-state index is 0.0974. The molecule has 9 nitrogen and oxygen atoms in total. The van der Waals surface area contributed by atoms with E-state index < -0.39 is 5.91 Å². The molecule has 2 heterocycles. The molecule has 1 aromatic carbocycles. The Bertz CT molecular complexity index is 899. The van der Waals surface area contributed by atoms with Crippen molar-refractivity contribution in [3.63, 3.8) is 0 Å². The summed E-state index contributed by atoms with van der Waals surface area (Å²) in [5.74, 6) is -1.27. The van der Waals surface area contributed by atoms with Crippen LogP contribution in [-0.4, -0.2) is 72.8 Å². The van der Waals surface area contributed by atoms with Crippen LogP contribution in [0.3, 0.4) is 0 Å². The van der Waals surface area contributed by atoms with Gasteiger partial charge >= 0.3 is 0 Å². The van der Waals surface area contributed by atoms with Crippen molar-refractivity contribution < 1.29 is 23.9 Å². The Morgan fingerprint density at radius 2 is 1.90 bits per heavy atom. The van der Waals surface area contributed by atoms with E-state index in [-0.39, 0.29) is 42.3 Å². The molecule has 0 radical (unpaired) electrons. The monoisotopic (exact) mass is 412 g/mol. The van der Waals surface area contributed by atoms with Crippen molar-refractivity contribution in [3.8, 4) is 6.07 Å². The van der Waals surface area contributed by atoms with Gasteiger partial charge in [0, 0.05) is 45.0 Å². The molecule has 9 heteroatoms. The highest BCUT2D eigenvalue weighted by Gasteiger charge is 2.35. The lowest BCUT2D eigenvalue weighted by Gasteiger charge is -2.32. The second-order valence-corrected chi connectivity index (χ2v) is 7.33. The standard InChI is InChI=1S/C21H24N4O5/c1-30-12-2-9-25-20(28)16-4-3-14(13-17(16)21(25)29)19(27)23-15-6-10-24(11-7-15)18(26)5-8-22/h3-4,13,15H,2,5-7,9-12H2,1H3,(H,23,27). The van der Waals surface area contributed by atoms with Gasteiger partial charge in [0.05, 0.1) is 17.2 Å². The molecule has 0 unspecified atom stereocenters. The quantitative estimate of drug-likeness (QED) is 0.526. The van der Waals surface area contributed by atoms with Gasteiger partial charge in [0.2, 0.25) is 5.91 Å². The van der Waals surface area contributed by atoms with E-state index in [0.717, 1.165) is 0 Å². The van der Waals surface area contributed by atoms with E-state index in [2.05, 4.69) is 5.32 Å². The van der Waals surface area contributed by atoms with Crippen LogP contribution in [0.15, 0.2) is 18.2 Å². The zero-order valence-electron chi connectivity index (χ0n) is 16.8. The summed E-state index contributed by atoms with van der Waals surface area (Å²) < 4.78 is 4.97. The fraction of sp³-hybridized carbons (Fsp3) is 0.476. The molecule has 0 aliphatic carbocycles. The Morgan fingerprint density at radius 3 is 2.57 bits per heavy atom. The Balaban J connectivity index is 1.60. The van der Waals surface area contributed by atoms with Gasteiger partial charge in [-0.15, -0.1) is 0 Å². The van der Waals surface area contributed by atoms with Crippen molar-refractivity contribution in [3.05, 3.63) is 34.9 Å². The molecule has 2 aliphatic heterocycles. The molecule has 30 heavy (non-hydrogen) atoms. The van der Waals surface area contributed by atoms with Gasteiger partial charge in [0.25, 0.3) is 17.7 Å². The number of likely N-dealkylation sites (tertiary alicyclic amines) is 1. The average Bonchev–Trinajstić information content (AvgIpc) is 2.99. The Kier molecular flexibility index (Phi) is 6.79. The maximum Gasteiger partial charge on any atom is 0.261 e. The number of rotatable bonds is 7. The summed E-state index contributed by atoms with van der Waals surface area (Å²) in [5, 5.41) is 11.6. The van der Waals surface area contributed by atoms with E-state index >= 15 is 0 Å². The second kappa shape index (κ2) is 9.50. The molecule has 0 aromatic heterocycles. The molecular formula is C21H24N4O5. The summed E-state index contributed by atoms with van der Waals surface area (Å²) in [6, 6.07) is 6.28. The Labute approximate surface area is 174 Å². The zero-order valence-corrected chi connectivity index (χ0v) is 16.8. The molecule has 1 aromatic rings. The highest BCUT2D eigenvalue weighted by Crippen LogP contribution is 2.24. The van der Waals surface area contributed by atoms with Crippen LogP contribution in [0.1, 0.15) is 56.8 Å². The van der Waals surface area contributed by atoms with E-state index in [1.165, 1.54) is 17.0 Å². The number of imide groups is 1. The average molecular weight is 412 g/mol. The lowest BCUT2D eigenvalue weighted by Crippen LogP contribution is -2.46. The molecule has 0 spiro atoms. The van der Waals surface area contributed by atoms with Gasteiger partial charge in [0.15, 0.2) is 0 Å². The van der Waals surface area contributed by atoms with Crippen molar-refractivity contribution in [2.45, 2.75) is 31.7 Å². The number of methoxy groups -OCH3 is 1. The third-order valence-corrected chi connectivity index (χ3v) is 5.38. The van der Waals surface area contributed by atoms with Gasteiger partial charge in [-0.1, -0.05) is 0 Å². The first-order valence-corrected chi connectivity index (χ1v) is 9.91. The lowest BCUT2D eigenvalue weighted by atomic mass is 10.0. The third kappa shape index (κ3) is 4.49. The van der Waals surface area contributed by atoms with Gasteiger partial charge < -0.3 is 15.0 Å². The number of nitrogens with zero attached hydrogens (tertiary/aromatic N) is 3. The lowest BCUT2D eigenvalue weighted by molar-refractivity contribution is -0.131. The summed E-state index contributed by atoms with van der Waals surface area (Å²) in [7, 11) is 1.56. The van der Waals surface area contributed by atoms with E-state index in [0.29, 0.717) is 50.1 Å². The first-order chi connectivity index (χ1) is 14.5. The first kappa shape index (κ1) is 21.5. The summed E-state index contributed by atoms with van der Waals surface area (Å²) in [4.78, 5) is 52.3. The van der Waals surface area contributed by atoms with Gasteiger partial charge in [-0.25, -0.2) is 0 Å². The maximum absolute atomic E-state index is 12.7. The summed E-state index contributed by atoms with van der Waals surface area (Å²) in [6.45, 7) is 1.69. The van der Waals surface area contributed by atoms with Crippen LogP contribution in [0.4, 0.5) is 0 Å². The molecule has 158 valence electrons. The summed E-state index contributed by atoms with van der Waals surface area (Å²) >= 11 is 0. The van der Waals surface area contributed by atoms with E-state index in [9.17, 15) is 19.2 Å². The van der Waals surface area contributed by atoms with E-state index in [4.69, 9.17) is 10.00 Å². The molecule has 1 saturated heterocycles. The summed E-state index contributed by atoms with van der Waals surface area (Å²) in [6.07, 6.45) is 1.60. The minimum atomic E-state index is -0.398. The van der Waals surface area contributed by atoms with Gasteiger partial charge in [-0.05, 0) is 37.5 Å². The topological polar surface area (TPSA) is 120 Å². The number of amides is 4. The van der Waals surface area contributed by atoms with Gasteiger partial charge in [-0.2, -0.15) is 5.26 Å². The van der Waals surface area contributed by atoms with Crippen molar-refractivity contribution >= 4 is 23.6 Å². The number of carbonyl (C=O) groups excluding carboxylic acids is 4. The molecule has 0 saturated carbocycles. The van der Waals surface area contributed by atoms with Crippen LogP contribution in [0.25, 0.3) is 0 Å². The predicted octanol–water partition coefficient (Wildman–Crippen LogP) is 0.954. The Morgan fingerprint density at radius 1 is 1.20 bits per heavy atom. The van der Waals surface area contributed by atoms with Crippen LogP contribution in [0.5, 0.6) is 0 Å². The van der Waals surface area contributed by atoms with Crippen LogP contribution in [0.2, 0.25) is 0 Å². The third-order valence-electron chi connectivity index (χ3n) is 5.38. The largest absolute Gasteiger partial charge is 0.385 e. The van der Waals surface area contributed by atoms with Crippen LogP contribution in [0, 0.1) is 11.3 Å². The predicted molar refractivity (Wildman–Crippen MR) is 106 cm³/mol. The number of hydrogen-bond donors (Lipinski definition) is 1. The molecule has 1 N–H and O–H groups in total. The number of nitrogens with one attached hydrogen (secondary N) is 1. The van der Waals surface area contributed by atoms with Crippen LogP contribution >= 0.6 is 0 Å². The van der Waals surface area contributed by atoms with Crippen molar-refractivity contribution in [1.29, 1.82) is 5.26 Å². The molecule has 0 bridgehead atoms. The number of nitriles is 1. The SMILES string of the molecule is COCCCN1C(=O)c2ccc(C(=O)NC3CCN(C(=O)CC#N)CC3)cc2C1=O. The zero-order chi connectivity index (χ0) is 21.7. The number of carbonyl (C=O) groups is 4. The number of piperidine rings is 1. The van der Waals surface area contributed by atoms with E-state index in [1.807, 2.05) is 6.07 Å². The van der Waals surface area contributed by atoms with E-state index in [1.54, 1.807) is 18.1 Å². The van der Waals surface area contributed by atoms with Gasteiger partial charge in [0.1, 0.15) is 6.42 Å². The molecule has 3 rings (SSSR count). The maximum atomic E-state index is 12.7. The van der Waals surface area contributed by atoms with Crippen LogP contribution < -0.4 is 5.32 Å². The number of fused-ring (bicyclic) bond motifs is 1. The molecule has 4 amide bonds. The highest BCUT2D eigenvalue weighted by atomic mass is 16.5. The van der Waals surface area contributed by atoms with Gasteiger partial charge in [-0.3, -0.25) is 24.1 Å². The molecule has 0 atom stereocenters. The fourth-order valence-electron chi connectivity index (χ4n) is 3.72. The molecule has 2 aliphatic rings. The highest BCUT2D eigenvalue weighted by molar-refractivity contribution is 6.22. The number of ether oxygens (including phenoxy) is 1. The number of hydrogen-bond acceptors (Lipinski definition) is 6.